The lowest BCUT2D eigenvalue weighted by Gasteiger charge is -2.25. The summed E-state index contributed by atoms with van der Waals surface area (Å²) < 4.78 is 23.8. The molecule has 0 aliphatic heterocycles. The van der Waals surface area contributed by atoms with Crippen LogP contribution in [0.15, 0.2) is 60.8 Å². The van der Waals surface area contributed by atoms with Gasteiger partial charge >= 0.3 is 7.82 Å². The number of nitrogens with one attached hydrogen (secondary N) is 1. The van der Waals surface area contributed by atoms with Crippen LogP contribution >= 0.6 is 7.82 Å². The first-order valence-corrected chi connectivity index (χ1v) is 37.7. The number of carbonyl (C=O) groups excluding carboxylic acids is 1. The lowest BCUT2D eigenvalue weighted by Crippen LogP contribution is -2.45. The van der Waals surface area contributed by atoms with E-state index in [2.05, 4.69) is 67.8 Å². The molecule has 3 unspecified atom stereocenters. The molecule has 488 valence electrons. The molecule has 1 amide bonds. The first kappa shape index (κ1) is 81.2. The Kier molecular flexibility index (Phi) is 63.3. The van der Waals surface area contributed by atoms with Crippen LogP contribution in [0.2, 0.25) is 0 Å². The number of phosphoric acid groups is 1. The number of nitrogens with zero attached hydrogens (tertiary/aromatic N) is 1. The molecule has 8 nitrogen and oxygen atoms in total. The van der Waals surface area contributed by atoms with Gasteiger partial charge in [0.2, 0.25) is 5.91 Å². The highest BCUT2D eigenvalue weighted by molar-refractivity contribution is 7.47. The average Bonchev–Trinajstić information content (AvgIpc) is 3.49. The maximum absolute atomic E-state index is 13.1. The van der Waals surface area contributed by atoms with Crippen molar-refractivity contribution in [3.63, 3.8) is 0 Å². The minimum atomic E-state index is -4.37. The number of hydrogen-bond acceptors (Lipinski definition) is 5. The predicted molar refractivity (Wildman–Crippen MR) is 364 cm³/mol. The highest BCUT2D eigenvalue weighted by Crippen LogP contribution is 2.43. The third-order valence-corrected chi connectivity index (χ3v) is 17.4. The zero-order chi connectivity index (χ0) is 60.5. The summed E-state index contributed by atoms with van der Waals surface area (Å²) in [7, 11) is 1.56. The Morgan fingerprint density at radius 3 is 1.04 bits per heavy atom. The standard InChI is InChI=1S/C74H141N2O6P/c1-6-8-10-12-14-16-18-20-22-24-26-28-30-32-34-36-37-38-39-40-42-44-46-48-50-52-54-56-58-60-62-64-66-68-74(78)75-72(71-82-83(79,80)81-70-69-76(3,4)5)73(77)67-65-63-61-59-57-55-53-51-49-47-45-43-41-35-33-31-29-27-25-23-21-19-17-15-13-11-9-7-2/h18,20,24,26,49,51,57,59,65,67,72-73,77H,6-17,19,21-23,25,27-48,50,52-56,58,60-64,66,68-71H2,1-5H3,(H-,75,78,79,80)/p+1/b20-18-,26-24-,51-49+,59-57+,67-65+. The van der Waals surface area contributed by atoms with Gasteiger partial charge in [-0.25, -0.2) is 4.57 Å². The number of rotatable bonds is 67. The molecular weight excluding hydrogens is 1040 g/mol. The lowest BCUT2D eigenvalue weighted by atomic mass is 10.0. The molecule has 0 radical (unpaired) electrons. The van der Waals surface area contributed by atoms with E-state index in [1.54, 1.807) is 6.08 Å². The van der Waals surface area contributed by atoms with E-state index >= 15 is 0 Å². The van der Waals surface area contributed by atoms with E-state index in [0.717, 1.165) is 51.4 Å². The van der Waals surface area contributed by atoms with Crippen molar-refractivity contribution in [2.24, 2.45) is 0 Å². The Balaban J connectivity index is 4.08. The fourth-order valence-corrected chi connectivity index (χ4v) is 11.6. The second-order valence-corrected chi connectivity index (χ2v) is 27.4. The highest BCUT2D eigenvalue weighted by atomic mass is 31.2. The first-order chi connectivity index (χ1) is 40.5. The van der Waals surface area contributed by atoms with Gasteiger partial charge in [0, 0.05) is 6.42 Å². The van der Waals surface area contributed by atoms with Crippen LogP contribution in [0, 0.1) is 0 Å². The zero-order valence-electron chi connectivity index (χ0n) is 55.9. The molecule has 0 saturated carbocycles. The number of unbranched alkanes of at least 4 members (excludes halogenated alkanes) is 46. The second-order valence-electron chi connectivity index (χ2n) is 25.9. The van der Waals surface area contributed by atoms with Gasteiger partial charge in [-0.1, -0.05) is 331 Å². The van der Waals surface area contributed by atoms with E-state index in [4.69, 9.17) is 9.05 Å². The molecule has 0 aliphatic rings. The fraction of sp³-hybridized carbons (Fsp3) is 0.851. The minimum absolute atomic E-state index is 0.0537. The van der Waals surface area contributed by atoms with Crippen LogP contribution in [0.4, 0.5) is 0 Å². The Hall–Kier alpha value is -1.80. The molecule has 0 spiro atoms. The summed E-state index contributed by atoms with van der Waals surface area (Å²) in [5.41, 5.74) is 0. The van der Waals surface area contributed by atoms with E-state index in [0.29, 0.717) is 17.4 Å². The van der Waals surface area contributed by atoms with Gasteiger partial charge in [0.1, 0.15) is 13.2 Å². The average molecular weight is 1190 g/mol. The summed E-state index contributed by atoms with van der Waals surface area (Å²) in [6.07, 6.45) is 89.6. The fourth-order valence-electron chi connectivity index (χ4n) is 10.8. The Morgan fingerprint density at radius 2 is 0.699 bits per heavy atom. The van der Waals surface area contributed by atoms with Gasteiger partial charge in [-0.15, -0.1) is 0 Å². The normalized spacial score (nSPS) is 14.0. The summed E-state index contributed by atoms with van der Waals surface area (Å²) in [6.45, 7) is 4.82. The number of quaternary nitrogens is 1. The van der Waals surface area contributed by atoms with E-state index in [1.807, 2.05) is 27.2 Å². The van der Waals surface area contributed by atoms with Crippen molar-refractivity contribution in [3.8, 4) is 0 Å². The van der Waals surface area contributed by atoms with Crippen molar-refractivity contribution in [3.05, 3.63) is 60.8 Å². The van der Waals surface area contributed by atoms with Crippen LogP contribution in [0.3, 0.4) is 0 Å². The monoisotopic (exact) mass is 1190 g/mol. The molecule has 0 heterocycles. The number of hydrogen-bond donors (Lipinski definition) is 3. The topological polar surface area (TPSA) is 105 Å². The summed E-state index contributed by atoms with van der Waals surface area (Å²) in [5.74, 6) is -0.185. The number of aliphatic hydroxyl groups is 1. The van der Waals surface area contributed by atoms with Crippen molar-refractivity contribution < 1.29 is 32.9 Å². The van der Waals surface area contributed by atoms with Crippen LogP contribution in [-0.4, -0.2) is 73.4 Å². The summed E-state index contributed by atoms with van der Waals surface area (Å²) in [5, 5.41) is 14.0. The largest absolute Gasteiger partial charge is 0.472 e. The van der Waals surface area contributed by atoms with Gasteiger partial charge in [0.05, 0.1) is 39.9 Å². The van der Waals surface area contributed by atoms with Crippen LogP contribution in [0.5, 0.6) is 0 Å². The molecule has 0 bridgehead atoms. The maximum Gasteiger partial charge on any atom is 0.472 e. The Labute approximate surface area is 517 Å². The van der Waals surface area contributed by atoms with Gasteiger partial charge in [-0.05, 0) is 77.0 Å². The van der Waals surface area contributed by atoms with Crippen molar-refractivity contribution in [1.82, 2.24) is 5.32 Å². The number of likely N-dealkylation sites (N-methyl/N-ethyl adjacent to an activating group) is 1. The Morgan fingerprint density at radius 1 is 0.410 bits per heavy atom. The SMILES string of the molecule is CCCCCCC/C=C\C/C=C\CCCCCCCCCCCCCCCCCCCCCCCC(=O)NC(COP(=O)(O)OCC[N+](C)(C)C)C(O)/C=C/CC/C=C/CC/C=C/CCCCCCCCCCCCCCCCCCCC. The van der Waals surface area contributed by atoms with Gasteiger partial charge in [-0.2, -0.15) is 0 Å². The molecule has 0 aromatic carbocycles. The highest BCUT2D eigenvalue weighted by Gasteiger charge is 2.28. The Bertz CT molecular complexity index is 1540. The molecule has 0 rings (SSSR count). The molecule has 3 atom stereocenters. The van der Waals surface area contributed by atoms with Gasteiger partial charge in [-0.3, -0.25) is 13.8 Å². The third-order valence-electron chi connectivity index (χ3n) is 16.4. The third kappa shape index (κ3) is 67.6. The number of carbonyl (C=O) groups is 1. The lowest BCUT2D eigenvalue weighted by molar-refractivity contribution is -0.870. The van der Waals surface area contributed by atoms with Gasteiger partial charge in [0.25, 0.3) is 0 Å². The van der Waals surface area contributed by atoms with E-state index in [9.17, 15) is 19.4 Å². The molecule has 0 aliphatic carbocycles. The summed E-state index contributed by atoms with van der Waals surface area (Å²) >= 11 is 0. The quantitative estimate of drug-likeness (QED) is 0.0243. The summed E-state index contributed by atoms with van der Waals surface area (Å²) in [6, 6.07) is -0.872. The maximum atomic E-state index is 13.1. The van der Waals surface area contributed by atoms with Crippen molar-refractivity contribution in [2.45, 2.75) is 366 Å². The van der Waals surface area contributed by atoms with Gasteiger partial charge < -0.3 is 19.8 Å². The number of amides is 1. The van der Waals surface area contributed by atoms with Crippen molar-refractivity contribution in [1.29, 1.82) is 0 Å². The molecule has 9 heteroatoms. The molecule has 0 aromatic heterocycles. The molecule has 0 saturated heterocycles. The number of aliphatic hydroxyl groups excluding tert-OH is 1. The van der Waals surface area contributed by atoms with Crippen LogP contribution in [0.25, 0.3) is 0 Å². The van der Waals surface area contributed by atoms with E-state index in [-0.39, 0.29) is 19.1 Å². The van der Waals surface area contributed by atoms with Crippen molar-refractivity contribution in [2.75, 3.05) is 40.9 Å². The molecule has 83 heavy (non-hydrogen) atoms. The minimum Gasteiger partial charge on any atom is -0.387 e. The summed E-state index contributed by atoms with van der Waals surface area (Å²) in [4.78, 5) is 23.4. The second kappa shape index (κ2) is 64.7. The number of allylic oxidation sites excluding steroid dienone is 9. The van der Waals surface area contributed by atoms with Crippen LogP contribution < -0.4 is 5.32 Å². The van der Waals surface area contributed by atoms with Crippen LogP contribution in [-0.2, 0) is 18.4 Å². The predicted octanol–water partition coefficient (Wildman–Crippen LogP) is 23.2. The van der Waals surface area contributed by atoms with Crippen molar-refractivity contribution >= 4 is 13.7 Å². The first-order valence-electron chi connectivity index (χ1n) is 36.2. The smallest absolute Gasteiger partial charge is 0.387 e. The van der Waals surface area contributed by atoms with Crippen LogP contribution in [0.1, 0.15) is 354 Å². The number of phosphoric ester groups is 1. The van der Waals surface area contributed by atoms with E-state index < -0.39 is 20.0 Å². The molecule has 3 N–H and O–H groups in total. The molecule has 0 fully saturated rings. The van der Waals surface area contributed by atoms with E-state index in [1.165, 1.54) is 283 Å². The molecular formula is C74H142N2O6P+. The molecule has 0 aromatic rings. The van der Waals surface area contributed by atoms with Gasteiger partial charge in [0.15, 0.2) is 0 Å². The zero-order valence-corrected chi connectivity index (χ0v) is 56.8.